The fraction of sp³-hybridized carbons (Fsp3) is 0.846. The van der Waals surface area contributed by atoms with Gasteiger partial charge in [-0.05, 0) is 12.8 Å². The zero-order valence-corrected chi connectivity index (χ0v) is 11.6. The van der Waals surface area contributed by atoms with E-state index in [9.17, 15) is 4.79 Å². The van der Waals surface area contributed by atoms with Crippen molar-refractivity contribution in [2.45, 2.75) is 32.6 Å². The third-order valence-corrected chi connectivity index (χ3v) is 4.40. The highest BCUT2D eigenvalue weighted by molar-refractivity contribution is 5.83. The fourth-order valence-electron chi connectivity index (χ4n) is 3.12. The number of hydrogen-bond donors (Lipinski definition) is 2. The lowest BCUT2D eigenvalue weighted by atomic mass is 9.87. The first kappa shape index (κ1) is 14.1. The molecule has 1 heterocycles. The zero-order chi connectivity index (χ0) is 13.9. The van der Waals surface area contributed by atoms with Crippen LogP contribution in [0.15, 0.2) is 5.16 Å². The maximum Gasteiger partial charge on any atom is 0.228 e. The largest absolute Gasteiger partial charge is 0.409 e. The van der Waals surface area contributed by atoms with E-state index in [0.29, 0.717) is 12.5 Å². The van der Waals surface area contributed by atoms with Gasteiger partial charge in [0, 0.05) is 31.6 Å². The molecule has 2 rings (SSSR count). The van der Waals surface area contributed by atoms with Gasteiger partial charge >= 0.3 is 0 Å². The number of carbonyl (C=O) groups is 1. The Morgan fingerprint density at radius 3 is 2.37 bits per heavy atom. The minimum Gasteiger partial charge on any atom is -0.409 e. The van der Waals surface area contributed by atoms with Gasteiger partial charge in [-0.3, -0.25) is 9.69 Å². The SMILES string of the molecule is CC1(C(=O)N2CCN(CC(N)=NO)CC2)CCCC1. The summed E-state index contributed by atoms with van der Waals surface area (Å²) >= 11 is 0. The first-order valence-corrected chi connectivity index (χ1v) is 7.03. The number of nitrogens with two attached hydrogens (primary N) is 1. The van der Waals surface area contributed by atoms with Gasteiger partial charge in [-0.25, -0.2) is 0 Å². The number of amidine groups is 1. The molecule has 2 aliphatic rings. The third-order valence-electron chi connectivity index (χ3n) is 4.40. The standard InChI is InChI=1S/C13H24N4O2/c1-13(4-2-3-5-13)12(18)17-8-6-16(7-9-17)10-11(14)15-19/h19H,2-10H2,1H3,(H2,14,15). The number of rotatable bonds is 3. The van der Waals surface area contributed by atoms with E-state index in [2.05, 4.69) is 17.0 Å². The predicted octanol–water partition coefficient (Wildman–Crippen LogP) is 0.457. The second kappa shape index (κ2) is 5.77. The maximum absolute atomic E-state index is 12.5. The lowest BCUT2D eigenvalue weighted by molar-refractivity contribution is -0.142. The zero-order valence-electron chi connectivity index (χ0n) is 11.6. The van der Waals surface area contributed by atoms with E-state index in [4.69, 9.17) is 10.9 Å². The lowest BCUT2D eigenvalue weighted by Gasteiger charge is -2.38. The van der Waals surface area contributed by atoms with Gasteiger partial charge in [0.15, 0.2) is 5.84 Å². The van der Waals surface area contributed by atoms with Crippen LogP contribution in [0.1, 0.15) is 32.6 Å². The van der Waals surface area contributed by atoms with E-state index in [-0.39, 0.29) is 11.3 Å². The molecule has 1 aliphatic heterocycles. The van der Waals surface area contributed by atoms with Crippen molar-refractivity contribution >= 4 is 11.7 Å². The van der Waals surface area contributed by atoms with E-state index in [1.54, 1.807) is 0 Å². The highest BCUT2D eigenvalue weighted by atomic mass is 16.4. The van der Waals surface area contributed by atoms with Crippen molar-refractivity contribution in [3.8, 4) is 0 Å². The molecular formula is C13H24N4O2. The second-order valence-corrected chi connectivity index (χ2v) is 5.93. The van der Waals surface area contributed by atoms with E-state index >= 15 is 0 Å². The van der Waals surface area contributed by atoms with Gasteiger partial charge in [0.25, 0.3) is 0 Å². The van der Waals surface area contributed by atoms with Crippen LogP contribution in [0.5, 0.6) is 0 Å². The van der Waals surface area contributed by atoms with Crippen LogP contribution in [0.3, 0.4) is 0 Å². The summed E-state index contributed by atoms with van der Waals surface area (Å²) in [5.74, 6) is 0.538. The van der Waals surface area contributed by atoms with Crippen LogP contribution in [-0.4, -0.2) is 59.5 Å². The van der Waals surface area contributed by atoms with Crippen LogP contribution in [0.25, 0.3) is 0 Å². The van der Waals surface area contributed by atoms with E-state index in [1.807, 2.05) is 4.90 Å². The van der Waals surface area contributed by atoms with Gasteiger partial charge in [0.05, 0.1) is 6.54 Å². The van der Waals surface area contributed by atoms with Crippen LogP contribution < -0.4 is 5.73 Å². The van der Waals surface area contributed by atoms with Gasteiger partial charge in [0.2, 0.25) is 5.91 Å². The predicted molar refractivity (Wildman–Crippen MR) is 73.0 cm³/mol. The Hall–Kier alpha value is -1.30. The fourth-order valence-corrected chi connectivity index (χ4v) is 3.12. The average molecular weight is 268 g/mol. The highest BCUT2D eigenvalue weighted by Crippen LogP contribution is 2.39. The van der Waals surface area contributed by atoms with Gasteiger partial charge in [-0.2, -0.15) is 0 Å². The maximum atomic E-state index is 12.5. The first-order chi connectivity index (χ1) is 9.05. The molecule has 2 fully saturated rings. The molecule has 0 bridgehead atoms. The number of oxime groups is 1. The topological polar surface area (TPSA) is 82.2 Å². The Kier molecular flexibility index (Phi) is 4.29. The van der Waals surface area contributed by atoms with Crippen LogP contribution in [0, 0.1) is 5.41 Å². The molecule has 0 unspecified atom stereocenters. The van der Waals surface area contributed by atoms with E-state index in [1.165, 1.54) is 12.8 Å². The Morgan fingerprint density at radius 2 is 1.84 bits per heavy atom. The smallest absolute Gasteiger partial charge is 0.228 e. The highest BCUT2D eigenvalue weighted by Gasteiger charge is 2.39. The number of carbonyl (C=O) groups excluding carboxylic acids is 1. The van der Waals surface area contributed by atoms with Crippen LogP contribution in [0.2, 0.25) is 0 Å². The summed E-state index contributed by atoms with van der Waals surface area (Å²) in [6.45, 7) is 5.64. The number of hydrogen-bond acceptors (Lipinski definition) is 4. The quantitative estimate of drug-likeness (QED) is 0.337. The summed E-state index contributed by atoms with van der Waals surface area (Å²) in [6, 6.07) is 0. The molecule has 108 valence electrons. The molecule has 0 aromatic carbocycles. The molecule has 1 saturated carbocycles. The van der Waals surface area contributed by atoms with Crippen molar-refractivity contribution in [2.75, 3.05) is 32.7 Å². The van der Waals surface area contributed by atoms with Gasteiger partial charge in [-0.1, -0.05) is 24.9 Å². The number of nitrogens with zero attached hydrogens (tertiary/aromatic N) is 3. The van der Waals surface area contributed by atoms with E-state index in [0.717, 1.165) is 39.0 Å². The summed E-state index contributed by atoms with van der Waals surface area (Å²) in [6.07, 6.45) is 4.39. The summed E-state index contributed by atoms with van der Waals surface area (Å²) in [7, 11) is 0. The molecule has 0 aromatic rings. The molecule has 0 atom stereocenters. The molecule has 1 amide bonds. The van der Waals surface area contributed by atoms with Crippen molar-refractivity contribution in [3.05, 3.63) is 0 Å². The summed E-state index contributed by atoms with van der Waals surface area (Å²) in [5.41, 5.74) is 5.37. The monoisotopic (exact) mass is 268 g/mol. The van der Waals surface area contributed by atoms with Crippen LogP contribution in [-0.2, 0) is 4.79 Å². The molecule has 0 radical (unpaired) electrons. The second-order valence-electron chi connectivity index (χ2n) is 5.93. The summed E-state index contributed by atoms with van der Waals surface area (Å²) in [5, 5.41) is 11.5. The minimum atomic E-state index is -0.131. The molecule has 0 aromatic heterocycles. The van der Waals surface area contributed by atoms with Crippen molar-refractivity contribution in [2.24, 2.45) is 16.3 Å². The minimum absolute atomic E-state index is 0.131. The third kappa shape index (κ3) is 3.18. The Morgan fingerprint density at radius 1 is 1.26 bits per heavy atom. The van der Waals surface area contributed by atoms with Crippen LogP contribution in [0.4, 0.5) is 0 Å². The molecule has 19 heavy (non-hydrogen) atoms. The van der Waals surface area contributed by atoms with Gasteiger partial charge in [0.1, 0.15) is 0 Å². The Balaban J connectivity index is 1.84. The van der Waals surface area contributed by atoms with Crippen molar-refractivity contribution in [3.63, 3.8) is 0 Å². The number of amides is 1. The van der Waals surface area contributed by atoms with Crippen molar-refractivity contribution < 1.29 is 10.0 Å². The summed E-state index contributed by atoms with van der Waals surface area (Å²) in [4.78, 5) is 16.6. The average Bonchev–Trinajstić information content (AvgIpc) is 2.87. The Labute approximate surface area is 114 Å². The number of piperazine rings is 1. The Bertz CT molecular complexity index is 356. The molecule has 3 N–H and O–H groups in total. The molecule has 1 aliphatic carbocycles. The van der Waals surface area contributed by atoms with Crippen LogP contribution >= 0.6 is 0 Å². The molecular weight excluding hydrogens is 244 g/mol. The molecule has 6 heteroatoms. The normalized spacial score (nSPS) is 24.7. The van der Waals surface area contributed by atoms with Crippen molar-refractivity contribution in [1.29, 1.82) is 0 Å². The van der Waals surface area contributed by atoms with Gasteiger partial charge < -0.3 is 15.8 Å². The molecule has 6 nitrogen and oxygen atoms in total. The first-order valence-electron chi connectivity index (χ1n) is 7.03. The van der Waals surface area contributed by atoms with Gasteiger partial charge in [-0.15, -0.1) is 0 Å². The van der Waals surface area contributed by atoms with Crippen molar-refractivity contribution in [1.82, 2.24) is 9.80 Å². The lowest BCUT2D eigenvalue weighted by Crippen LogP contribution is -2.53. The van der Waals surface area contributed by atoms with E-state index < -0.39 is 0 Å². The molecule has 1 saturated heterocycles. The molecule has 0 spiro atoms. The summed E-state index contributed by atoms with van der Waals surface area (Å²) < 4.78 is 0.